The Labute approximate surface area is 99.1 Å². The van der Waals surface area contributed by atoms with E-state index >= 15 is 0 Å². The summed E-state index contributed by atoms with van der Waals surface area (Å²) in [6.45, 7) is 10.9. The second-order valence-electron chi connectivity index (χ2n) is 4.85. The van der Waals surface area contributed by atoms with Gasteiger partial charge in [0, 0.05) is 19.5 Å². The summed E-state index contributed by atoms with van der Waals surface area (Å²) in [5.74, 6) is 1.20. The molecule has 0 aromatic rings. The molecule has 2 atom stereocenters. The molecule has 1 fully saturated rings. The molecule has 0 radical (unpaired) electrons. The van der Waals surface area contributed by atoms with Crippen LogP contribution in [0.1, 0.15) is 33.6 Å². The van der Waals surface area contributed by atoms with Gasteiger partial charge in [0.15, 0.2) is 0 Å². The van der Waals surface area contributed by atoms with Gasteiger partial charge in [-0.15, -0.1) is 0 Å². The predicted octanol–water partition coefficient (Wildman–Crippen LogP) is 1.96. The Hall–Kier alpha value is -0.410. The Morgan fingerprint density at radius 2 is 2.25 bits per heavy atom. The van der Waals surface area contributed by atoms with Gasteiger partial charge in [0.1, 0.15) is 5.78 Å². The molecule has 1 saturated heterocycles. The fourth-order valence-corrected chi connectivity index (χ4v) is 2.06. The number of ether oxygens (including phenoxy) is 1. The lowest BCUT2D eigenvalue weighted by Gasteiger charge is -2.29. The Kier molecular flexibility index (Phi) is 5.99. The Morgan fingerprint density at radius 1 is 1.50 bits per heavy atom. The molecule has 0 amide bonds. The van der Waals surface area contributed by atoms with Gasteiger partial charge < -0.3 is 9.64 Å². The van der Waals surface area contributed by atoms with Crippen LogP contribution >= 0.6 is 0 Å². The van der Waals surface area contributed by atoms with Crippen LogP contribution in [0.15, 0.2) is 0 Å². The maximum atomic E-state index is 11.7. The van der Waals surface area contributed by atoms with Crippen molar-refractivity contribution in [1.29, 1.82) is 0 Å². The van der Waals surface area contributed by atoms with Crippen LogP contribution in [0, 0.1) is 11.8 Å². The summed E-state index contributed by atoms with van der Waals surface area (Å²) in [4.78, 5) is 14.1. The molecule has 2 unspecified atom stereocenters. The van der Waals surface area contributed by atoms with E-state index in [1.54, 1.807) is 0 Å². The van der Waals surface area contributed by atoms with Gasteiger partial charge in [0.2, 0.25) is 0 Å². The lowest BCUT2D eigenvalue weighted by Crippen LogP contribution is -2.40. The largest absolute Gasteiger partial charge is 0.380 e. The number of carbonyl (C=O) groups is 1. The van der Waals surface area contributed by atoms with E-state index in [1.165, 1.54) is 6.42 Å². The molecule has 0 saturated carbocycles. The normalized spacial score (nSPS) is 23.8. The third kappa shape index (κ3) is 4.22. The van der Waals surface area contributed by atoms with E-state index in [9.17, 15) is 4.79 Å². The number of carbonyl (C=O) groups excluding carboxylic acids is 1. The van der Waals surface area contributed by atoms with Gasteiger partial charge in [0.25, 0.3) is 0 Å². The number of hydrogen-bond donors (Lipinski definition) is 0. The summed E-state index contributed by atoms with van der Waals surface area (Å²) < 4.78 is 5.38. The van der Waals surface area contributed by atoms with Crippen molar-refractivity contribution in [2.75, 3.05) is 32.8 Å². The van der Waals surface area contributed by atoms with Gasteiger partial charge in [0.05, 0.1) is 19.1 Å². The van der Waals surface area contributed by atoms with Crippen LogP contribution in [0.4, 0.5) is 0 Å². The number of hydrogen-bond acceptors (Lipinski definition) is 3. The molecule has 0 aromatic heterocycles. The molecule has 1 heterocycles. The van der Waals surface area contributed by atoms with Crippen LogP contribution in [0.2, 0.25) is 0 Å². The minimum atomic E-state index is 0.109. The van der Waals surface area contributed by atoms with E-state index in [-0.39, 0.29) is 5.92 Å². The lowest BCUT2D eigenvalue weighted by atomic mass is 9.99. The van der Waals surface area contributed by atoms with Crippen LogP contribution in [-0.2, 0) is 9.53 Å². The van der Waals surface area contributed by atoms with Gasteiger partial charge in [-0.2, -0.15) is 0 Å². The lowest BCUT2D eigenvalue weighted by molar-refractivity contribution is -0.131. The highest BCUT2D eigenvalue weighted by Gasteiger charge is 2.24. The molecule has 0 aliphatic carbocycles. The highest BCUT2D eigenvalue weighted by atomic mass is 16.5. The van der Waals surface area contributed by atoms with Crippen molar-refractivity contribution >= 4 is 5.78 Å². The molecule has 3 heteroatoms. The van der Waals surface area contributed by atoms with Crippen LogP contribution < -0.4 is 0 Å². The third-order valence-corrected chi connectivity index (χ3v) is 3.46. The van der Waals surface area contributed by atoms with Gasteiger partial charge in [-0.05, 0) is 12.5 Å². The molecular formula is C13H25NO2. The van der Waals surface area contributed by atoms with E-state index in [0.29, 0.717) is 31.3 Å². The molecule has 0 bridgehead atoms. The first-order chi connectivity index (χ1) is 7.67. The maximum Gasteiger partial charge on any atom is 0.141 e. The summed E-state index contributed by atoms with van der Waals surface area (Å²) in [6.07, 6.45) is 1.80. The zero-order valence-electron chi connectivity index (χ0n) is 10.9. The number of rotatable bonds is 6. The number of nitrogens with zero attached hydrogens (tertiary/aromatic N) is 1. The molecule has 3 nitrogen and oxygen atoms in total. The van der Waals surface area contributed by atoms with Crippen molar-refractivity contribution in [2.24, 2.45) is 11.8 Å². The first kappa shape index (κ1) is 13.7. The zero-order valence-corrected chi connectivity index (χ0v) is 10.9. The quantitative estimate of drug-likeness (QED) is 0.694. The third-order valence-electron chi connectivity index (χ3n) is 3.46. The monoisotopic (exact) mass is 227 g/mol. The summed E-state index contributed by atoms with van der Waals surface area (Å²) in [6, 6.07) is 0. The molecule has 0 N–H and O–H groups in total. The maximum absolute atomic E-state index is 11.7. The molecule has 16 heavy (non-hydrogen) atoms. The van der Waals surface area contributed by atoms with Crippen molar-refractivity contribution in [3.63, 3.8) is 0 Å². The second-order valence-corrected chi connectivity index (χ2v) is 4.85. The van der Waals surface area contributed by atoms with E-state index in [0.717, 1.165) is 19.6 Å². The minimum Gasteiger partial charge on any atom is -0.380 e. The summed E-state index contributed by atoms with van der Waals surface area (Å²) in [5, 5.41) is 0. The standard InChI is InChI=1S/C13H25NO2/c1-4-11(3)8-14(5-2)9-12-10-16-7-6-13(12)15/h11-12H,4-10H2,1-3H3. The fourth-order valence-electron chi connectivity index (χ4n) is 2.06. The van der Waals surface area contributed by atoms with Crippen LogP contribution in [-0.4, -0.2) is 43.5 Å². The predicted molar refractivity (Wildman–Crippen MR) is 65.5 cm³/mol. The number of ketones is 1. The average molecular weight is 227 g/mol. The van der Waals surface area contributed by atoms with Crippen LogP contribution in [0.25, 0.3) is 0 Å². The topological polar surface area (TPSA) is 29.5 Å². The van der Waals surface area contributed by atoms with E-state index < -0.39 is 0 Å². The molecule has 1 aliphatic rings. The Bertz CT molecular complexity index is 218. The molecule has 1 aliphatic heterocycles. The van der Waals surface area contributed by atoms with E-state index in [2.05, 4.69) is 25.7 Å². The summed E-state index contributed by atoms with van der Waals surface area (Å²) in [5.41, 5.74) is 0. The molecular weight excluding hydrogens is 202 g/mol. The van der Waals surface area contributed by atoms with Gasteiger partial charge in [-0.3, -0.25) is 4.79 Å². The molecule has 1 rings (SSSR count). The fraction of sp³-hybridized carbons (Fsp3) is 0.923. The highest BCUT2D eigenvalue weighted by Crippen LogP contribution is 2.13. The van der Waals surface area contributed by atoms with Crippen molar-refractivity contribution in [3.8, 4) is 0 Å². The van der Waals surface area contributed by atoms with Gasteiger partial charge >= 0.3 is 0 Å². The number of Topliss-reactive ketones (excluding diaryl/α,β-unsaturated/α-hetero) is 1. The van der Waals surface area contributed by atoms with Crippen LogP contribution in [0.5, 0.6) is 0 Å². The zero-order chi connectivity index (χ0) is 12.0. The van der Waals surface area contributed by atoms with Crippen molar-refractivity contribution in [1.82, 2.24) is 4.90 Å². The summed E-state index contributed by atoms with van der Waals surface area (Å²) >= 11 is 0. The minimum absolute atomic E-state index is 0.109. The van der Waals surface area contributed by atoms with Crippen molar-refractivity contribution in [3.05, 3.63) is 0 Å². The first-order valence-electron chi connectivity index (χ1n) is 6.50. The van der Waals surface area contributed by atoms with Gasteiger partial charge in [-0.25, -0.2) is 0 Å². The first-order valence-corrected chi connectivity index (χ1v) is 6.50. The molecule has 0 aromatic carbocycles. The van der Waals surface area contributed by atoms with Crippen LogP contribution in [0.3, 0.4) is 0 Å². The van der Waals surface area contributed by atoms with Crippen molar-refractivity contribution in [2.45, 2.75) is 33.6 Å². The van der Waals surface area contributed by atoms with Gasteiger partial charge in [-0.1, -0.05) is 27.2 Å². The highest BCUT2D eigenvalue weighted by molar-refractivity contribution is 5.82. The van der Waals surface area contributed by atoms with Crippen molar-refractivity contribution < 1.29 is 9.53 Å². The van der Waals surface area contributed by atoms with E-state index in [1.807, 2.05) is 0 Å². The average Bonchev–Trinajstić information content (AvgIpc) is 2.30. The molecule has 94 valence electrons. The molecule has 0 spiro atoms. The summed E-state index contributed by atoms with van der Waals surface area (Å²) in [7, 11) is 0. The SMILES string of the molecule is CCC(C)CN(CC)CC1COCCC1=O. The smallest absolute Gasteiger partial charge is 0.141 e. The Morgan fingerprint density at radius 3 is 2.81 bits per heavy atom. The second kappa shape index (κ2) is 7.02. The Balaban J connectivity index is 2.39. The van der Waals surface area contributed by atoms with E-state index in [4.69, 9.17) is 4.74 Å².